The molecule has 1 aliphatic heterocycles. The van der Waals surface area contributed by atoms with E-state index in [1.165, 1.54) is 13.8 Å². The van der Waals surface area contributed by atoms with E-state index in [2.05, 4.69) is 20.3 Å². The molecule has 0 aromatic carbocycles. The van der Waals surface area contributed by atoms with Gasteiger partial charge in [0.25, 0.3) is 0 Å². The minimum atomic E-state index is -1.28. The van der Waals surface area contributed by atoms with Crippen molar-refractivity contribution >= 4 is 16.9 Å². The molecular formula is C16H22N4O3. The van der Waals surface area contributed by atoms with Crippen LogP contribution in [0, 0.1) is 6.92 Å². The van der Waals surface area contributed by atoms with E-state index in [-0.39, 0.29) is 6.04 Å². The van der Waals surface area contributed by atoms with Crippen molar-refractivity contribution in [3.8, 4) is 0 Å². The monoisotopic (exact) mass is 318 g/mol. The van der Waals surface area contributed by atoms with Crippen molar-refractivity contribution in [3.63, 3.8) is 0 Å². The molecule has 0 spiro atoms. The van der Waals surface area contributed by atoms with Crippen LogP contribution < -0.4 is 5.32 Å². The van der Waals surface area contributed by atoms with Gasteiger partial charge in [0.1, 0.15) is 17.4 Å². The van der Waals surface area contributed by atoms with Gasteiger partial charge in [0.15, 0.2) is 0 Å². The molecule has 1 aliphatic rings. The van der Waals surface area contributed by atoms with Gasteiger partial charge in [-0.3, -0.25) is 4.98 Å². The quantitative estimate of drug-likeness (QED) is 0.782. The summed E-state index contributed by atoms with van der Waals surface area (Å²) in [5, 5.41) is 23.5. The van der Waals surface area contributed by atoms with Crippen LogP contribution >= 0.6 is 0 Å². The maximum atomic E-state index is 10.2. The third-order valence-corrected chi connectivity index (χ3v) is 3.97. The number of aliphatic hydroxyl groups is 2. The minimum absolute atomic E-state index is 0.240. The third-order valence-electron chi connectivity index (χ3n) is 3.97. The first kappa shape index (κ1) is 16.0. The molecule has 3 rings (SSSR count). The SMILES string of the molecule is Cc1nc2cnc([C@H](O)C(C)(C)O)cc2nc1N[C@@H]1CCOC1. The maximum Gasteiger partial charge on any atom is 0.148 e. The lowest BCUT2D eigenvalue weighted by molar-refractivity contribution is -0.0516. The number of aryl methyl sites for hydroxylation is 1. The van der Waals surface area contributed by atoms with Crippen LogP contribution in [-0.4, -0.2) is 50.0 Å². The van der Waals surface area contributed by atoms with E-state index in [0.717, 1.165) is 18.7 Å². The van der Waals surface area contributed by atoms with Crippen molar-refractivity contribution in [2.75, 3.05) is 18.5 Å². The zero-order valence-electron chi connectivity index (χ0n) is 13.6. The van der Waals surface area contributed by atoms with E-state index >= 15 is 0 Å². The van der Waals surface area contributed by atoms with Gasteiger partial charge in [0.2, 0.25) is 0 Å². The summed E-state index contributed by atoms with van der Waals surface area (Å²) in [6, 6.07) is 1.91. The smallest absolute Gasteiger partial charge is 0.148 e. The Hall–Kier alpha value is -1.83. The normalized spacial score (nSPS) is 20.0. The fraction of sp³-hybridized carbons (Fsp3) is 0.562. The molecule has 3 N–H and O–H groups in total. The number of ether oxygens (including phenoxy) is 1. The van der Waals surface area contributed by atoms with Gasteiger partial charge in [-0.15, -0.1) is 0 Å². The average Bonchev–Trinajstić information content (AvgIpc) is 2.99. The van der Waals surface area contributed by atoms with Crippen molar-refractivity contribution in [2.45, 2.75) is 44.9 Å². The Kier molecular flexibility index (Phi) is 4.18. The summed E-state index contributed by atoms with van der Waals surface area (Å²) in [7, 11) is 0. The Labute approximate surface area is 134 Å². The van der Waals surface area contributed by atoms with Crippen LogP contribution in [0.25, 0.3) is 11.0 Å². The molecule has 0 aliphatic carbocycles. The summed E-state index contributed by atoms with van der Waals surface area (Å²) < 4.78 is 5.36. The molecule has 1 saturated heterocycles. The molecule has 124 valence electrons. The Balaban J connectivity index is 1.95. The summed E-state index contributed by atoms with van der Waals surface area (Å²) in [6.45, 7) is 6.39. The van der Waals surface area contributed by atoms with Gasteiger partial charge < -0.3 is 20.3 Å². The second kappa shape index (κ2) is 5.99. The standard InChI is InChI=1S/C16H22N4O3/c1-9-15(19-10-4-5-23-8-10)20-11-6-12(14(21)16(2,3)22)17-7-13(11)18-9/h6-7,10,14,21-22H,4-5,8H2,1-3H3,(H,19,20)/t10-,14+/m1/s1. The Bertz CT molecular complexity index is 708. The van der Waals surface area contributed by atoms with Gasteiger partial charge >= 0.3 is 0 Å². The van der Waals surface area contributed by atoms with Gasteiger partial charge in [-0.25, -0.2) is 9.97 Å². The second-order valence-corrected chi connectivity index (χ2v) is 6.52. The fourth-order valence-corrected chi connectivity index (χ4v) is 2.55. The molecule has 0 radical (unpaired) electrons. The van der Waals surface area contributed by atoms with Crippen molar-refractivity contribution in [1.29, 1.82) is 0 Å². The molecule has 2 aromatic heterocycles. The van der Waals surface area contributed by atoms with E-state index in [1.807, 2.05) is 6.92 Å². The van der Waals surface area contributed by atoms with E-state index in [1.54, 1.807) is 12.3 Å². The third kappa shape index (κ3) is 3.41. The highest BCUT2D eigenvalue weighted by molar-refractivity contribution is 5.76. The van der Waals surface area contributed by atoms with Crippen LogP contribution in [0.3, 0.4) is 0 Å². The fourth-order valence-electron chi connectivity index (χ4n) is 2.55. The summed E-state index contributed by atoms with van der Waals surface area (Å²) in [6.07, 6.45) is 1.43. The molecule has 7 heteroatoms. The number of aliphatic hydroxyl groups excluding tert-OH is 1. The number of rotatable bonds is 4. The number of hydrogen-bond acceptors (Lipinski definition) is 7. The van der Waals surface area contributed by atoms with E-state index in [9.17, 15) is 10.2 Å². The highest BCUT2D eigenvalue weighted by atomic mass is 16.5. The van der Waals surface area contributed by atoms with Gasteiger partial charge in [-0.05, 0) is 33.3 Å². The zero-order chi connectivity index (χ0) is 16.6. The maximum absolute atomic E-state index is 10.2. The number of pyridine rings is 1. The van der Waals surface area contributed by atoms with Gasteiger partial charge in [-0.2, -0.15) is 0 Å². The Morgan fingerprint density at radius 1 is 1.35 bits per heavy atom. The van der Waals surface area contributed by atoms with Crippen molar-refractivity contribution < 1.29 is 14.9 Å². The van der Waals surface area contributed by atoms with E-state index < -0.39 is 11.7 Å². The van der Waals surface area contributed by atoms with Crippen LogP contribution in [0.15, 0.2) is 12.3 Å². The number of nitrogens with zero attached hydrogens (tertiary/aromatic N) is 3. The van der Waals surface area contributed by atoms with E-state index in [0.29, 0.717) is 29.2 Å². The predicted octanol–water partition coefficient (Wildman–Crippen LogP) is 1.34. The summed E-state index contributed by atoms with van der Waals surface area (Å²) in [5.41, 5.74) is 1.18. The molecule has 23 heavy (non-hydrogen) atoms. The average molecular weight is 318 g/mol. The summed E-state index contributed by atoms with van der Waals surface area (Å²) >= 11 is 0. The van der Waals surface area contributed by atoms with Gasteiger partial charge in [-0.1, -0.05) is 0 Å². The first-order chi connectivity index (χ1) is 10.8. The number of fused-ring (bicyclic) bond motifs is 1. The highest BCUT2D eigenvalue weighted by Gasteiger charge is 2.27. The first-order valence-electron chi connectivity index (χ1n) is 7.73. The molecule has 1 fully saturated rings. The zero-order valence-corrected chi connectivity index (χ0v) is 13.6. The van der Waals surface area contributed by atoms with Gasteiger partial charge in [0, 0.05) is 6.61 Å². The van der Waals surface area contributed by atoms with Crippen molar-refractivity contribution in [1.82, 2.24) is 15.0 Å². The molecule has 0 amide bonds. The number of hydrogen-bond donors (Lipinski definition) is 3. The largest absolute Gasteiger partial charge is 0.387 e. The van der Waals surface area contributed by atoms with Crippen LogP contribution in [0.2, 0.25) is 0 Å². The molecule has 3 heterocycles. The van der Waals surface area contributed by atoms with Gasteiger partial charge in [0.05, 0.1) is 41.4 Å². The topological polar surface area (TPSA) is 100 Å². The first-order valence-corrected chi connectivity index (χ1v) is 7.73. The lowest BCUT2D eigenvalue weighted by Gasteiger charge is -2.24. The van der Waals surface area contributed by atoms with E-state index in [4.69, 9.17) is 4.74 Å². The van der Waals surface area contributed by atoms with Crippen LogP contribution in [0.4, 0.5) is 5.82 Å². The molecule has 7 nitrogen and oxygen atoms in total. The Morgan fingerprint density at radius 3 is 2.78 bits per heavy atom. The molecule has 2 atom stereocenters. The van der Waals surface area contributed by atoms with Crippen LogP contribution in [0.1, 0.15) is 37.8 Å². The Morgan fingerprint density at radius 2 is 2.13 bits per heavy atom. The lowest BCUT2D eigenvalue weighted by atomic mass is 9.98. The number of anilines is 1. The summed E-state index contributed by atoms with van der Waals surface area (Å²) in [5.74, 6) is 0.711. The molecule has 0 bridgehead atoms. The van der Waals surface area contributed by atoms with Crippen molar-refractivity contribution in [3.05, 3.63) is 23.7 Å². The molecule has 0 unspecified atom stereocenters. The number of nitrogens with one attached hydrogen (secondary N) is 1. The molecular weight excluding hydrogens is 296 g/mol. The van der Waals surface area contributed by atoms with Crippen molar-refractivity contribution in [2.24, 2.45) is 0 Å². The molecule has 2 aromatic rings. The number of aromatic nitrogens is 3. The predicted molar refractivity (Wildman–Crippen MR) is 86.2 cm³/mol. The molecule has 0 saturated carbocycles. The highest BCUT2D eigenvalue weighted by Crippen LogP contribution is 2.26. The summed E-state index contributed by atoms with van der Waals surface area (Å²) in [4.78, 5) is 13.3. The lowest BCUT2D eigenvalue weighted by Crippen LogP contribution is -2.29. The van der Waals surface area contributed by atoms with Crippen LogP contribution in [0.5, 0.6) is 0 Å². The minimum Gasteiger partial charge on any atom is -0.387 e. The second-order valence-electron chi connectivity index (χ2n) is 6.52. The van der Waals surface area contributed by atoms with Crippen LogP contribution in [-0.2, 0) is 4.74 Å².